The minimum absolute atomic E-state index is 0.178. The fourth-order valence-corrected chi connectivity index (χ4v) is 4.08. The standard InChI is InChI=1S/C19H20N6S/c1-12-14(3)26-19-17(12)18(21-10-22-19)24(4)13(2)15-5-7-16(8-6-15)25-11-20-9-23-25/h5-11,13H,1-4H3. The van der Waals surface area contributed by atoms with Gasteiger partial charge in [0.25, 0.3) is 0 Å². The summed E-state index contributed by atoms with van der Waals surface area (Å²) in [6, 6.07) is 8.55. The number of aromatic nitrogens is 5. The molecule has 1 aromatic carbocycles. The first-order chi connectivity index (χ1) is 12.6. The van der Waals surface area contributed by atoms with Crippen LogP contribution in [0.15, 0.2) is 43.2 Å². The third-order valence-electron chi connectivity index (χ3n) is 4.92. The molecule has 1 unspecified atom stereocenters. The smallest absolute Gasteiger partial charge is 0.141 e. The Morgan fingerprint density at radius 1 is 1.08 bits per heavy atom. The van der Waals surface area contributed by atoms with Crippen LogP contribution in [-0.2, 0) is 0 Å². The molecule has 132 valence electrons. The third kappa shape index (κ3) is 2.74. The lowest BCUT2D eigenvalue weighted by molar-refractivity contribution is 0.730. The van der Waals surface area contributed by atoms with Crippen LogP contribution in [0.1, 0.15) is 29.0 Å². The molecule has 0 aliphatic carbocycles. The molecule has 0 bridgehead atoms. The van der Waals surface area contributed by atoms with Crippen molar-refractivity contribution in [2.45, 2.75) is 26.8 Å². The highest BCUT2D eigenvalue weighted by atomic mass is 32.1. The van der Waals surface area contributed by atoms with E-state index in [0.29, 0.717) is 0 Å². The number of hydrogen-bond donors (Lipinski definition) is 0. The number of fused-ring (bicyclic) bond motifs is 1. The maximum atomic E-state index is 4.58. The van der Waals surface area contributed by atoms with Crippen LogP contribution in [0.25, 0.3) is 15.9 Å². The summed E-state index contributed by atoms with van der Waals surface area (Å²) in [4.78, 5) is 17.6. The molecule has 0 radical (unpaired) electrons. The summed E-state index contributed by atoms with van der Waals surface area (Å²) in [5.74, 6) is 0.977. The Morgan fingerprint density at radius 3 is 2.54 bits per heavy atom. The van der Waals surface area contributed by atoms with E-state index >= 15 is 0 Å². The average molecular weight is 364 g/mol. The summed E-state index contributed by atoms with van der Waals surface area (Å²) in [5, 5.41) is 5.33. The van der Waals surface area contributed by atoms with Crippen molar-refractivity contribution in [2.75, 3.05) is 11.9 Å². The van der Waals surface area contributed by atoms with E-state index in [0.717, 1.165) is 21.7 Å². The summed E-state index contributed by atoms with van der Waals surface area (Å²) in [6.07, 6.45) is 4.89. The predicted octanol–water partition coefficient (Wildman–Crippen LogP) is 4.09. The molecule has 0 saturated heterocycles. The molecule has 0 amide bonds. The monoisotopic (exact) mass is 364 g/mol. The lowest BCUT2D eigenvalue weighted by Crippen LogP contribution is -2.23. The Hall–Kier alpha value is -2.80. The van der Waals surface area contributed by atoms with E-state index in [9.17, 15) is 0 Å². The van der Waals surface area contributed by atoms with Crippen molar-refractivity contribution >= 4 is 27.4 Å². The minimum Gasteiger partial charge on any atom is -0.352 e. The molecule has 0 aliphatic heterocycles. The molecular formula is C19H20N6S. The van der Waals surface area contributed by atoms with Gasteiger partial charge in [-0.2, -0.15) is 5.10 Å². The highest BCUT2D eigenvalue weighted by Gasteiger charge is 2.19. The van der Waals surface area contributed by atoms with E-state index in [2.05, 4.69) is 77.0 Å². The van der Waals surface area contributed by atoms with Crippen LogP contribution >= 0.6 is 11.3 Å². The molecule has 26 heavy (non-hydrogen) atoms. The van der Waals surface area contributed by atoms with Crippen LogP contribution in [0.5, 0.6) is 0 Å². The highest BCUT2D eigenvalue weighted by molar-refractivity contribution is 7.18. The Kier molecular flexibility index (Phi) is 4.16. The summed E-state index contributed by atoms with van der Waals surface area (Å²) in [5.41, 5.74) is 3.48. The lowest BCUT2D eigenvalue weighted by atomic mass is 10.1. The first-order valence-electron chi connectivity index (χ1n) is 8.44. The summed E-state index contributed by atoms with van der Waals surface area (Å²) < 4.78 is 1.75. The molecule has 0 saturated carbocycles. The molecule has 4 rings (SSSR count). The average Bonchev–Trinajstić information content (AvgIpc) is 3.30. The molecule has 0 N–H and O–H groups in total. The second kappa shape index (κ2) is 6.49. The molecule has 1 atom stereocenters. The molecule has 3 aromatic heterocycles. The zero-order chi connectivity index (χ0) is 18.3. The van der Waals surface area contributed by atoms with Gasteiger partial charge in [-0.1, -0.05) is 12.1 Å². The number of thiophene rings is 1. The minimum atomic E-state index is 0.178. The van der Waals surface area contributed by atoms with Crippen LogP contribution in [0.4, 0.5) is 5.82 Å². The van der Waals surface area contributed by atoms with Crippen molar-refractivity contribution in [1.82, 2.24) is 24.7 Å². The molecule has 0 aliphatic rings. The lowest BCUT2D eigenvalue weighted by Gasteiger charge is -2.27. The predicted molar refractivity (Wildman–Crippen MR) is 105 cm³/mol. The Bertz CT molecular complexity index is 1040. The van der Waals surface area contributed by atoms with Gasteiger partial charge in [0.1, 0.15) is 29.6 Å². The quantitative estimate of drug-likeness (QED) is 0.546. The van der Waals surface area contributed by atoms with Gasteiger partial charge < -0.3 is 4.90 Å². The molecule has 0 fully saturated rings. The first-order valence-corrected chi connectivity index (χ1v) is 9.26. The van der Waals surface area contributed by atoms with Gasteiger partial charge >= 0.3 is 0 Å². The normalized spacial score (nSPS) is 12.5. The zero-order valence-electron chi connectivity index (χ0n) is 15.2. The van der Waals surface area contributed by atoms with Gasteiger partial charge in [-0.05, 0) is 44.0 Å². The van der Waals surface area contributed by atoms with Crippen molar-refractivity contribution in [2.24, 2.45) is 0 Å². The Labute approximate surface area is 156 Å². The van der Waals surface area contributed by atoms with Gasteiger partial charge in [-0.25, -0.2) is 19.6 Å². The third-order valence-corrected chi connectivity index (χ3v) is 6.03. The van der Waals surface area contributed by atoms with Gasteiger partial charge in [0.2, 0.25) is 0 Å². The van der Waals surface area contributed by atoms with E-state index in [1.807, 2.05) is 0 Å². The van der Waals surface area contributed by atoms with E-state index in [1.165, 1.54) is 22.3 Å². The van der Waals surface area contributed by atoms with Crippen molar-refractivity contribution in [3.8, 4) is 5.69 Å². The topological polar surface area (TPSA) is 59.7 Å². The van der Waals surface area contributed by atoms with Crippen LogP contribution in [0.2, 0.25) is 0 Å². The van der Waals surface area contributed by atoms with Gasteiger partial charge in [0.15, 0.2) is 0 Å². The number of hydrogen-bond acceptors (Lipinski definition) is 6. The Morgan fingerprint density at radius 2 is 1.85 bits per heavy atom. The number of rotatable bonds is 4. The number of benzene rings is 1. The molecule has 7 heteroatoms. The van der Waals surface area contributed by atoms with E-state index in [4.69, 9.17) is 0 Å². The maximum absolute atomic E-state index is 4.58. The highest BCUT2D eigenvalue weighted by Crippen LogP contribution is 2.36. The van der Waals surface area contributed by atoms with Crippen LogP contribution in [0.3, 0.4) is 0 Å². The maximum Gasteiger partial charge on any atom is 0.141 e. The number of aryl methyl sites for hydroxylation is 2. The fourth-order valence-electron chi connectivity index (χ4n) is 3.09. The van der Waals surface area contributed by atoms with Gasteiger partial charge in [-0.3, -0.25) is 0 Å². The van der Waals surface area contributed by atoms with Crippen molar-refractivity contribution < 1.29 is 0 Å². The van der Waals surface area contributed by atoms with Crippen LogP contribution < -0.4 is 4.90 Å². The summed E-state index contributed by atoms with van der Waals surface area (Å²) in [7, 11) is 2.09. The van der Waals surface area contributed by atoms with E-state index in [1.54, 1.807) is 28.7 Å². The van der Waals surface area contributed by atoms with Crippen molar-refractivity contribution in [1.29, 1.82) is 0 Å². The van der Waals surface area contributed by atoms with Crippen LogP contribution in [-0.4, -0.2) is 31.8 Å². The second-order valence-electron chi connectivity index (χ2n) is 6.38. The van der Waals surface area contributed by atoms with Gasteiger partial charge in [0, 0.05) is 11.9 Å². The van der Waals surface area contributed by atoms with Crippen molar-refractivity contribution in [3.05, 3.63) is 59.3 Å². The SMILES string of the molecule is Cc1sc2ncnc(N(C)C(C)c3ccc(-n4cncn4)cc3)c2c1C. The summed E-state index contributed by atoms with van der Waals surface area (Å²) >= 11 is 1.72. The zero-order valence-corrected chi connectivity index (χ0v) is 16.0. The molecular weight excluding hydrogens is 344 g/mol. The largest absolute Gasteiger partial charge is 0.352 e. The van der Waals surface area contributed by atoms with E-state index in [-0.39, 0.29) is 6.04 Å². The van der Waals surface area contributed by atoms with Gasteiger partial charge in [0.05, 0.1) is 17.1 Å². The first kappa shape index (κ1) is 16.7. The molecule has 0 spiro atoms. The summed E-state index contributed by atoms with van der Waals surface area (Å²) in [6.45, 7) is 6.47. The molecule has 3 heterocycles. The van der Waals surface area contributed by atoms with Crippen molar-refractivity contribution in [3.63, 3.8) is 0 Å². The number of nitrogens with zero attached hydrogens (tertiary/aromatic N) is 6. The number of anilines is 1. The molecule has 4 aromatic rings. The van der Waals surface area contributed by atoms with Crippen LogP contribution in [0, 0.1) is 13.8 Å². The molecule has 6 nitrogen and oxygen atoms in total. The van der Waals surface area contributed by atoms with Gasteiger partial charge in [-0.15, -0.1) is 11.3 Å². The van der Waals surface area contributed by atoms with E-state index < -0.39 is 0 Å². The Balaban J connectivity index is 1.67. The second-order valence-corrected chi connectivity index (χ2v) is 7.58. The fraction of sp³-hybridized carbons (Fsp3) is 0.263.